The fourth-order valence-electron chi connectivity index (χ4n) is 2.64. The highest BCUT2D eigenvalue weighted by molar-refractivity contribution is 5.76. The second-order valence-electron chi connectivity index (χ2n) is 5.75. The maximum absolute atomic E-state index is 11.8. The van der Waals surface area contributed by atoms with E-state index in [1.54, 1.807) is 0 Å². The van der Waals surface area contributed by atoms with Gasteiger partial charge in [0.1, 0.15) is 0 Å². The number of hydrogen-bond acceptors (Lipinski definition) is 3. The van der Waals surface area contributed by atoms with Crippen molar-refractivity contribution in [2.45, 2.75) is 64.3 Å². The Labute approximate surface area is 122 Å². The van der Waals surface area contributed by atoms with Gasteiger partial charge in [0.2, 0.25) is 11.8 Å². The Morgan fingerprint density at radius 2 is 1.80 bits per heavy atom. The van der Waals surface area contributed by atoms with Crippen LogP contribution in [0, 0.1) is 0 Å². The number of nitrogens with two attached hydrogens (primary N) is 1. The maximum atomic E-state index is 11.8. The molecule has 0 unspecified atom stereocenters. The Morgan fingerprint density at radius 3 is 2.40 bits per heavy atom. The lowest BCUT2D eigenvalue weighted by atomic mass is 10.0. The second kappa shape index (κ2) is 9.75. The smallest absolute Gasteiger partial charge is 0.231 e. The van der Waals surface area contributed by atoms with Crippen molar-refractivity contribution in [1.82, 2.24) is 10.2 Å². The molecule has 0 radical (unpaired) electrons. The van der Waals surface area contributed by atoms with Gasteiger partial charge in [-0.1, -0.05) is 32.6 Å². The lowest BCUT2D eigenvalue weighted by Crippen LogP contribution is -2.46. The van der Waals surface area contributed by atoms with Gasteiger partial charge in [-0.3, -0.25) is 14.5 Å². The third-order valence-electron chi connectivity index (χ3n) is 3.84. The third-order valence-corrected chi connectivity index (χ3v) is 3.84. The first kappa shape index (κ1) is 17.0. The number of carbonyl (C=O) groups is 2. The molecule has 2 amide bonds. The number of carbonyl (C=O) groups excluding carboxylic acids is 2. The van der Waals surface area contributed by atoms with Gasteiger partial charge >= 0.3 is 0 Å². The third kappa shape index (κ3) is 7.48. The number of hydrogen-bond donors (Lipinski definition) is 2. The topological polar surface area (TPSA) is 75.4 Å². The monoisotopic (exact) mass is 283 g/mol. The average molecular weight is 283 g/mol. The number of rotatable bonds is 9. The van der Waals surface area contributed by atoms with Crippen LogP contribution in [0.25, 0.3) is 0 Å². The van der Waals surface area contributed by atoms with Crippen molar-refractivity contribution < 1.29 is 9.59 Å². The molecule has 0 spiro atoms. The van der Waals surface area contributed by atoms with Crippen LogP contribution in [0.4, 0.5) is 0 Å². The molecule has 0 aromatic heterocycles. The number of primary amides is 1. The highest BCUT2D eigenvalue weighted by atomic mass is 16.2. The Hall–Kier alpha value is -1.10. The molecule has 20 heavy (non-hydrogen) atoms. The minimum Gasteiger partial charge on any atom is -0.369 e. The molecular formula is C15H29N3O2. The van der Waals surface area contributed by atoms with Crippen LogP contribution in [0.15, 0.2) is 0 Å². The maximum Gasteiger partial charge on any atom is 0.231 e. The van der Waals surface area contributed by atoms with Crippen molar-refractivity contribution >= 4 is 11.8 Å². The van der Waals surface area contributed by atoms with Crippen LogP contribution in [0.2, 0.25) is 0 Å². The molecule has 0 atom stereocenters. The first-order chi connectivity index (χ1) is 9.61. The summed E-state index contributed by atoms with van der Waals surface area (Å²) in [5.74, 6) is -0.102. The number of unbranched alkanes of at least 4 members (excludes halogenated alkanes) is 4. The molecule has 1 rings (SSSR count). The summed E-state index contributed by atoms with van der Waals surface area (Å²) in [5, 5.41) is 3.10. The predicted molar refractivity (Wildman–Crippen MR) is 80.2 cm³/mol. The lowest BCUT2D eigenvalue weighted by molar-refractivity contribution is -0.123. The summed E-state index contributed by atoms with van der Waals surface area (Å²) in [4.78, 5) is 24.7. The fraction of sp³-hybridized carbons (Fsp3) is 0.867. The molecule has 1 heterocycles. The van der Waals surface area contributed by atoms with E-state index >= 15 is 0 Å². The van der Waals surface area contributed by atoms with Crippen molar-refractivity contribution in [1.29, 1.82) is 0 Å². The largest absolute Gasteiger partial charge is 0.369 e. The van der Waals surface area contributed by atoms with Crippen LogP contribution >= 0.6 is 0 Å². The second-order valence-corrected chi connectivity index (χ2v) is 5.75. The fourth-order valence-corrected chi connectivity index (χ4v) is 2.64. The number of nitrogens with one attached hydrogen (secondary N) is 1. The molecule has 0 aliphatic carbocycles. The molecule has 116 valence electrons. The number of amides is 2. The highest BCUT2D eigenvalue weighted by Crippen LogP contribution is 2.11. The molecular weight excluding hydrogens is 254 g/mol. The normalized spacial score (nSPS) is 17.1. The van der Waals surface area contributed by atoms with Gasteiger partial charge in [0.15, 0.2) is 0 Å². The van der Waals surface area contributed by atoms with Gasteiger partial charge in [0.05, 0.1) is 6.54 Å². The minimum atomic E-state index is -0.278. The van der Waals surface area contributed by atoms with Gasteiger partial charge in [-0.25, -0.2) is 0 Å². The zero-order valence-electron chi connectivity index (χ0n) is 12.7. The van der Waals surface area contributed by atoms with Crippen LogP contribution in [-0.2, 0) is 9.59 Å². The molecule has 3 N–H and O–H groups in total. The number of likely N-dealkylation sites (tertiary alicyclic amines) is 1. The van der Waals surface area contributed by atoms with E-state index in [4.69, 9.17) is 5.73 Å². The van der Waals surface area contributed by atoms with E-state index in [9.17, 15) is 9.59 Å². The van der Waals surface area contributed by atoms with Gasteiger partial charge in [0, 0.05) is 25.6 Å². The van der Waals surface area contributed by atoms with Gasteiger partial charge in [-0.2, -0.15) is 0 Å². The molecule has 5 nitrogen and oxygen atoms in total. The van der Waals surface area contributed by atoms with Gasteiger partial charge in [-0.05, 0) is 19.3 Å². The van der Waals surface area contributed by atoms with Crippen molar-refractivity contribution in [2.75, 3.05) is 19.6 Å². The van der Waals surface area contributed by atoms with Gasteiger partial charge < -0.3 is 11.1 Å². The zero-order chi connectivity index (χ0) is 14.8. The van der Waals surface area contributed by atoms with Crippen LogP contribution in [0.5, 0.6) is 0 Å². The van der Waals surface area contributed by atoms with E-state index in [-0.39, 0.29) is 17.9 Å². The molecule has 0 aromatic rings. The quantitative estimate of drug-likeness (QED) is 0.628. The summed E-state index contributed by atoms with van der Waals surface area (Å²) < 4.78 is 0. The Bertz CT molecular complexity index is 299. The Morgan fingerprint density at radius 1 is 1.15 bits per heavy atom. The molecule has 1 fully saturated rings. The van der Waals surface area contributed by atoms with E-state index in [1.165, 1.54) is 19.3 Å². The van der Waals surface area contributed by atoms with Gasteiger partial charge in [0.25, 0.3) is 0 Å². The Balaban J connectivity index is 2.07. The van der Waals surface area contributed by atoms with Crippen molar-refractivity contribution in [3.8, 4) is 0 Å². The standard InChI is InChI=1S/C15H29N3O2/c1-2-3-4-5-6-7-15(20)17-13-8-10-18(11-9-13)12-14(16)19/h13H,2-12H2,1H3,(H2,16,19)(H,17,20). The van der Waals surface area contributed by atoms with E-state index in [0.29, 0.717) is 13.0 Å². The molecule has 0 saturated carbocycles. The summed E-state index contributed by atoms with van der Waals surface area (Å²) in [6, 6.07) is 0.266. The molecule has 1 aliphatic heterocycles. The van der Waals surface area contributed by atoms with E-state index in [0.717, 1.165) is 38.8 Å². The van der Waals surface area contributed by atoms with Crippen molar-refractivity contribution in [2.24, 2.45) is 5.73 Å². The Kier molecular flexibility index (Phi) is 8.26. The summed E-state index contributed by atoms with van der Waals surface area (Å²) in [5.41, 5.74) is 5.18. The first-order valence-corrected chi connectivity index (χ1v) is 7.91. The van der Waals surface area contributed by atoms with Crippen molar-refractivity contribution in [3.63, 3.8) is 0 Å². The molecule has 5 heteroatoms. The predicted octanol–water partition coefficient (Wildman–Crippen LogP) is 1.41. The summed E-state index contributed by atoms with van der Waals surface area (Å²) in [7, 11) is 0. The van der Waals surface area contributed by atoms with Crippen LogP contribution in [0.1, 0.15) is 58.3 Å². The van der Waals surface area contributed by atoms with E-state index in [1.807, 2.05) is 0 Å². The highest BCUT2D eigenvalue weighted by Gasteiger charge is 2.21. The zero-order valence-corrected chi connectivity index (χ0v) is 12.7. The molecule has 1 aliphatic rings. The number of nitrogens with zero attached hydrogens (tertiary/aromatic N) is 1. The molecule has 0 aromatic carbocycles. The van der Waals surface area contributed by atoms with Gasteiger partial charge in [-0.15, -0.1) is 0 Å². The minimum absolute atomic E-state index is 0.176. The van der Waals surface area contributed by atoms with Crippen LogP contribution in [0.3, 0.4) is 0 Å². The average Bonchev–Trinajstić information content (AvgIpc) is 2.40. The lowest BCUT2D eigenvalue weighted by Gasteiger charge is -2.31. The first-order valence-electron chi connectivity index (χ1n) is 7.91. The van der Waals surface area contributed by atoms with E-state index < -0.39 is 0 Å². The van der Waals surface area contributed by atoms with Crippen molar-refractivity contribution in [3.05, 3.63) is 0 Å². The molecule has 0 bridgehead atoms. The molecule has 1 saturated heterocycles. The summed E-state index contributed by atoms with van der Waals surface area (Å²) in [6.07, 6.45) is 8.34. The number of piperidine rings is 1. The SMILES string of the molecule is CCCCCCCC(=O)NC1CCN(CC(N)=O)CC1. The van der Waals surface area contributed by atoms with E-state index in [2.05, 4.69) is 17.1 Å². The van der Waals surface area contributed by atoms with Crippen LogP contribution in [-0.4, -0.2) is 42.4 Å². The van der Waals surface area contributed by atoms with Crippen LogP contribution < -0.4 is 11.1 Å². The summed E-state index contributed by atoms with van der Waals surface area (Å²) >= 11 is 0. The summed E-state index contributed by atoms with van der Waals surface area (Å²) in [6.45, 7) is 4.20.